The van der Waals surface area contributed by atoms with Gasteiger partial charge in [0.05, 0.1) is 18.8 Å². The van der Waals surface area contributed by atoms with E-state index in [1.165, 1.54) is 24.0 Å². The Hall–Kier alpha value is -3.26. The molecule has 32 heavy (non-hydrogen) atoms. The van der Waals surface area contributed by atoms with Gasteiger partial charge in [-0.25, -0.2) is 4.52 Å². The Labute approximate surface area is 186 Å². The maximum absolute atomic E-state index is 13.1. The summed E-state index contributed by atoms with van der Waals surface area (Å²) in [5.41, 5.74) is 4.59. The summed E-state index contributed by atoms with van der Waals surface area (Å²) in [6.07, 6.45) is 5.98. The highest BCUT2D eigenvalue weighted by atomic mass is 16.5. The highest BCUT2D eigenvalue weighted by molar-refractivity contribution is 5.66. The number of aryl methyl sites for hydroxylation is 2. The summed E-state index contributed by atoms with van der Waals surface area (Å²) in [6.45, 7) is 9.47. The SMILES string of the molecule is Cc1ccc(-c2cc3c(=O)n(Cc4noc(CN5CCC[C@H](C)C5)n4)ccn3n2)cc1C. The Morgan fingerprint density at radius 1 is 1.12 bits per heavy atom. The molecule has 0 radical (unpaired) electrons. The molecule has 0 spiro atoms. The summed E-state index contributed by atoms with van der Waals surface area (Å²) in [5.74, 6) is 1.80. The standard InChI is InChI=1S/C24H28N6O2/c1-16-5-4-8-28(13-16)15-23-25-22(27-32-23)14-29-9-10-30-21(24(29)31)12-20(26-30)19-7-6-17(2)18(3)11-19/h6-7,9-12,16H,4-5,8,13-15H2,1-3H3/t16-/m0/s1. The average molecular weight is 433 g/mol. The van der Waals surface area contributed by atoms with Gasteiger partial charge in [-0.15, -0.1) is 0 Å². The summed E-state index contributed by atoms with van der Waals surface area (Å²) in [7, 11) is 0. The smallest absolute Gasteiger partial charge is 0.277 e. The van der Waals surface area contributed by atoms with Crippen molar-refractivity contribution in [2.24, 2.45) is 5.92 Å². The van der Waals surface area contributed by atoms with Crippen LogP contribution in [0.15, 0.2) is 46.0 Å². The molecular formula is C24H28N6O2. The Bertz CT molecular complexity index is 1320. The van der Waals surface area contributed by atoms with E-state index in [9.17, 15) is 4.79 Å². The van der Waals surface area contributed by atoms with Crippen LogP contribution in [0.1, 0.15) is 42.6 Å². The fourth-order valence-corrected chi connectivity index (χ4v) is 4.39. The van der Waals surface area contributed by atoms with E-state index in [1.54, 1.807) is 21.5 Å². The molecule has 0 aliphatic carbocycles. The van der Waals surface area contributed by atoms with Crippen LogP contribution in [0.5, 0.6) is 0 Å². The zero-order valence-corrected chi connectivity index (χ0v) is 18.8. The third-order valence-corrected chi connectivity index (χ3v) is 6.33. The zero-order valence-electron chi connectivity index (χ0n) is 18.8. The van der Waals surface area contributed by atoms with Gasteiger partial charge in [0.15, 0.2) is 5.82 Å². The minimum Gasteiger partial charge on any atom is -0.338 e. The number of aromatic nitrogens is 5. The molecule has 1 aliphatic heterocycles. The molecule has 4 aromatic rings. The van der Waals surface area contributed by atoms with Gasteiger partial charge in [-0.3, -0.25) is 9.69 Å². The van der Waals surface area contributed by atoms with Gasteiger partial charge in [0.2, 0.25) is 5.89 Å². The number of rotatable bonds is 5. The van der Waals surface area contributed by atoms with E-state index in [-0.39, 0.29) is 12.1 Å². The Balaban J connectivity index is 1.36. The van der Waals surface area contributed by atoms with Crippen LogP contribution in [-0.4, -0.2) is 42.3 Å². The first-order valence-corrected chi connectivity index (χ1v) is 11.2. The second kappa shape index (κ2) is 8.35. The van der Waals surface area contributed by atoms with Crippen LogP contribution in [0.25, 0.3) is 16.8 Å². The Morgan fingerprint density at radius 3 is 2.81 bits per heavy atom. The van der Waals surface area contributed by atoms with Crippen molar-refractivity contribution in [1.29, 1.82) is 0 Å². The summed E-state index contributed by atoms with van der Waals surface area (Å²) in [4.78, 5) is 19.9. The lowest BCUT2D eigenvalue weighted by Gasteiger charge is -2.29. The monoisotopic (exact) mass is 432 g/mol. The highest BCUT2D eigenvalue weighted by Gasteiger charge is 2.19. The summed E-state index contributed by atoms with van der Waals surface area (Å²) < 4.78 is 8.67. The molecule has 1 fully saturated rings. The van der Waals surface area contributed by atoms with Crippen LogP contribution in [0.3, 0.4) is 0 Å². The van der Waals surface area contributed by atoms with Crippen molar-refractivity contribution in [2.45, 2.75) is 46.7 Å². The van der Waals surface area contributed by atoms with Crippen molar-refractivity contribution in [2.75, 3.05) is 13.1 Å². The molecule has 1 atom stereocenters. The molecule has 4 heterocycles. The molecule has 8 heteroatoms. The van der Waals surface area contributed by atoms with Gasteiger partial charge in [0.1, 0.15) is 5.52 Å². The van der Waals surface area contributed by atoms with Crippen molar-refractivity contribution in [3.05, 3.63) is 69.9 Å². The van der Waals surface area contributed by atoms with Gasteiger partial charge in [-0.1, -0.05) is 24.2 Å². The second-order valence-corrected chi connectivity index (χ2v) is 8.98. The predicted molar refractivity (Wildman–Crippen MR) is 121 cm³/mol. The lowest BCUT2D eigenvalue weighted by Crippen LogP contribution is -2.33. The normalized spacial score (nSPS) is 17.3. The van der Waals surface area contributed by atoms with Gasteiger partial charge < -0.3 is 9.09 Å². The van der Waals surface area contributed by atoms with Crippen LogP contribution in [0.2, 0.25) is 0 Å². The van der Waals surface area contributed by atoms with Gasteiger partial charge in [0.25, 0.3) is 5.56 Å². The third-order valence-electron chi connectivity index (χ3n) is 6.33. The number of hydrogen-bond acceptors (Lipinski definition) is 6. The topological polar surface area (TPSA) is 81.5 Å². The van der Waals surface area contributed by atoms with Crippen LogP contribution >= 0.6 is 0 Å². The molecule has 0 saturated carbocycles. The summed E-state index contributed by atoms with van der Waals surface area (Å²) in [6, 6.07) is 8.04. The van der Waals surface area contributed by atoms with E-state index in [0.717, 1.165) is 24.3 Å². The molecule has 8 nitrogen and oxygen atoms in total. The van der Waals surface area contributed by atoms with E-state index in [4.69, 9.17) is 4.52 Å². The molecule has 0 amide bonds. The van der Waals surface area contributed by atoms with Crippen LogP contribution in [0, 0.1) is 19.8 Å². The number of likely N-dealkylation sites (tertiary alicyclic amines) is 1. The van der Waals surface area contributed by atoms with Crippen molar-refractivity contribution >= 4 is 5.52 Å². The van der Waals surface area contributed by atoms with Gasteiger partial charge in [-0.2, -0.15) is 10.1 Å². The first-order valence-electron chi connectivity index (χ1n) is 11.2. The fraction of sp³-hybridized carbons (Fsp3) is 0.417. The lowest BCUT2D eigenvalue weighted by molar-refractivity contribution is 0.157. The highest BCUT2D eigenvalue weighted by Crippen LogP contribution is 2.21. The van der Waals surface area contributed by atoms with Gasteiger partial charge in [-0.05, 0) is 62.4 Å². The second-order valence-electron chi connectivity index (χ2n) is 8.98. The number of hydrogen-bond donors (Lipinski definition) is 0. The van der Waals surface area contributed by atoms with Crippen LogP contribution < -0.4 is 5.56 Å². The van der Waals surface area contributed by atoms with E-state index >= 15 is 0 Å². The van der Waals surface area contributed by atoms with Crippen LogP contribution in [-0.2, 0) is 13.1 Å². The fourth-order valence-electron chi connectivity index (χ4n) is 4.39. The predicted octanol–water partition coefficient (Wildman–Crippen LogP) is 3.44. The first-order chi connectivity index (χ1) is 15.5. The molecule has 1 aliphatic rings. The van der Waals surface area contributed by atoms with E-state index in [1.807, 2.05) is 12.1 Å². The molecule has 1 aromatic carbocycles. The maximum Gasteiger partial charge on any atom is 0.277 e. The number of piperidine rings is 1. The average Bonchev–Trinajstić information content (AvgIpc) is 3.39. The van der Waals surface area contributed by atoms with Crippen molar-refractivity contribution < 1.29 is 4.52 Å². The summed E-state index contributed by atoms with van der Waals surface area (Å²) >= 11 is 0. The molecule has 0 unspecified atom stereocenters. The van der Waals surface area contributed by atoms with Crippen molar-refractivity contribution in [3.63, 3.8) is 0 Å². The van der Waals surface area contributed by atoms with E-state index in [0.29, 0.717) is 29.7 Å². The molecule has 0 N–H and O–H groups in total. The number of nitrogens with zero attached hydrogens (tertiary/aromatic N) is 6. The van der Waals surface area contributed by atoms with Crippen molar-refractivity contribution in [3.8, 4) is 11.3 Å². The molecule has 1 saturated heterocycles. The minimum atomic E-state index is -0.133. The minimum absolute atomic E-state index is 0.133. The molecule has 5 rings (SSSR count). The van der Waals surface area contributed by atoms with Crippen LogP contribution in [0.4, 0.5) is 0 Å². The molecule has 3 aromatic heterocycles. The molecular weight excluding hydrogens is 404 g/mol. The van der Waals surface area contributed by atoms with Gasteiger partial charge in [0, 0.05) is 24.5 Å². The van der Waals surface area contributed by atoms with Gasteiger partial charge >= 0.3 is 0 Å². The maximum atomic E-state index is 13.1. The molecule has 0 bridgehead atoms. The largest absolute Gasteiger partial charge is 0.338 e. The Morgan fingerprint density at radius 2 is 2.00 bits per heavy atom. The van der Waals surface area contributed by atoms with Crippen molar-refractivity contribution in [1.82, 2.24) is 29.2 Å². The van der Waals surface area contributed by atoms with E-state index in [2.05, 4.69) is 53.0 Å². The first kappa shape index (κ1) is 20.6. The number of benzene rings is 1. The number of fused-ring (bicyclic) bond motifs is 1. The Kier molecular flexibility index (Phi) is 5.38. The van der Waals surface area contributed by atoms with E-state index < -0.39 is 0 Å². The zero-order chi connectivity index (χ0) is 22.2. The quantitative estimate of drug-likeness (QED) is 0.481. The summed E-state index contributed by atoms with van der Waals surface area (Å²) in [5, 5.41) is 8.68. The lowest BCUT2D eigenvalue weighted by atomic mass is 10.0. The third kappa shape index (κ3) is 4.10. The molecule has 166 valence electrons.